The zero-order valence-electron chi connectivity index (χ0n) is 11.1. The van der Waals surface area contributed by atoms with Crippen LogP contribution in [0.5, 0.6) is 0 Å². The molecule has 2 N–H and O–H groups in total. The first kappa shape index (κ1) is 13.6. The van der Waals surface area contributed by atoms with Crippen LogP contribution in [0.2, 0.25) is 0 Å². The Balaban J connectivity index is 1.86. The lowest BCUT2D eigenvalue weighted by atomic mass is 9.76. The van der Waals surface area contributed by atoms with E-state index in [1.54, 1.807) is 0 Å². The van der Waals surface area contributed by atoms with Gasteiger partial charge in [0.05, 0.1) is 0 Å². The van der Waals surface area contributed by atoms with E-state index in [9.17, 15) is 9.59 Å². The lowest BCUT2D eigenvalue weighted by Gasteiger charge is -2.38. The fraction of sp³-hybridized carbons (Fsp3) is 0.467. The summed E-state index contributed by atoms with van der Waals surface area (Å²) in [6, 6.07) is 8.00. The Bertz CT molecular complexity index is 492. The molecule has 0 bridgehead atoms. The molecular weight excluding hydrogens is 242 g/mol. The molecule has 4 heteroatoms. The predicted molar refractivity (Wildman–Crippen MR) is 71.9 cm³/mol. The number of nitrogens with one attached hydrogen (secondary N) is 1. The lowest BCUT2D eigenvalue weighted by molar-refractivity contribution is -0.151. The molecule has 0 spiro atoms. The maximum Gasteiger partial charge on any atom is 0.329 e. The number of carboxylic acids is 1. The minimum absolute atomic E-state index is 0.177. The molecule has 2 rings (SSSR count). The number of rotatable bonds is 5. The van der Waals surface area contributed by atoms with Gasteiger partial charge in [-0.3, -0.25) is 4.79 Å². The maximum atomic E-state index is 11.8. The Morgan fingerprint density at radius 3 is 2.63 bits per heavy atom. The molecule has 0 aliphatic heterocycles. The summed E-state index contributed by atoms with van der Waals surface area (Å²) in [6.45, 7) is 2.01. The van der Waals surface area contributed by atoms with Crippen molar-refractivity contribution in [3.8, 4) is 0 Å². The average Bonchev–Trinajstić information content (AvgIpc) is 2.31. The van der Waals surface area contributed by atoms with E-state index in [2.05, 4.69) is 5.32 Å². The Morgan fingerprint density at radius 1 is 1.37 bits per heavy atom. The van der Waals surface area contributed by atoms with Crippen LogP contribution in [0.25, 0.3) is 0 Å². The standard InChI is InChI=1S/C15H19NO3/c1-11-4-2-5-12(10-11)6-7-13(17)16-15(14(18)19)8-3-9-15/h2,4-5,10H,3,6-9H2,1H3,(H,16,17)(H,18,19). The number of aryl methyl sites for hydroxylation is 2. The normalized spacial score (nSPS) is 16.5. The Hall–Kier alpha value is -1.84. The molecule has 1 aliphatic carbocycles. The summed E-state index contributed by atoms with van der Waals surface area (Å²) in [6.07, 6.45) is 2.92. The highest BCUT2D eigenvalue weighted by molar-refractivity contribution is 5.87. The summed E-state index contributed by atoms with van der Waals surface area (Å²) < 4.78 is 0. The van der Waals surface area contributed by atoms with E-state index in [0.29, 0.717) is 25.7 Å². The molecule has 0 radical (unpaired) electrons. The van der Waals surface area contributed by atoms with E-state index < -0.39 is 11.5 Å². The average molecular weight is 261 g/mol. The minimum atomic E-state index is -0.996. The molecule has 1 aliphatic rings. The zero-order chi connectivity index (χ0) is 13.9. The molecule has 1 amide bonds. The maximum absolute atomic E-state index is 11.8. The van der Waals surface area contributed by atoms with Gasteiger partial charge >= 0.3 is 5.97 Å². The topological polar surface area (TPSA) is 66.4 Å². The first-order valence-corrected chi connectivity index (χ1v) is 6.62. The van der Waals surface area contributed by atoms with Gasteiger partial charge in [0, 0.05) is 6.42 Å². The van der Waals surface area contributed by atoms with Gasteiger partial charge < -0.3 is 10.4 Å². The molecule has 4 nitrogen and oxygen atoms in total. The van der Waals surface area contributed by atoms with Crippen LogP contribution in [0.15, 0.2) is 24.3 Å². The highest BCUT2D eigenvalue weighted by Crippen LogP contribution is 2.32. The van der Waals surface area contributed by atoms with Gasteiger partial charge in [0.15, 0.2) is 0 Å². The van der Waals surface area contributed by atoms with Crippen LogP contribution >= 0.6 is 0 Å². The molecule has 0 atom stereocenters. The van der Waals surface area contributed by atoms with E-state index in [0.717, 1.165) is 12.0 Å². The lowest BCUT2D eigenvalue weighted by Crippen LogP contribution is -2.59. The van der Waals surface area contributed by atoms with Crippen molar-refractivity contribution < 1.29 is 14.7 Å². The number of carbonyl (C=O) groups is 2. The number of hydrogen-bond acceptors (Lipinski definition) is 2. The van der Waals surface area contributed by atoms with E-state index >= 15 is 0 Å². The first-order chi connectivity index (χ1) is 9.02. The van der Waals surface area contributed by atoms with Gasteiger partial charge in [0.1, 0.15) is 5.54 Å². The minimum Gasteiger partial charge on any atom is -0.480 e. The van der Waals surface area contributed by atoms with Crippen molar-refractivity contribution >= 4 is 11.9 Å². The monoisotopic (exact) mass is 261 g/mol. The molecular formula is C15H19NO3. The van der Waals surface area contributed by atoms with Gasteiger partial charge in [-0.2, -0.15) is 0 Å². The summed E-state index contributed by atoms with van der Waals surface area (Å²) in [5.74, 6) is -1.09. The van der Waals surface area contributed by atoms with Gasteiger partial charge in [-0.1, -0.05) is 29.8 Å². The summed E-state index contributed by atoms with van der Waals surface area (Å²) >= 11 is 0. The van der Waals surface area contributed by atoms with Gasteiger partial charge in [-0.05, 0) is 38.2 Å². The summed E-state index contributed by atoms with van der Waals surface area (Å²) in [5, 5.41) is 11.8. The van der Waals surface area contributed by atoms with Gasteiger partial charge in [-0.15, -0.1) is 0 Å². The summed E-state index contributed by atoms with van der Waals surface area (Å²) in [7, 11) is 0. The number of carbonyl (C=O) groups excluding carboxylic acids is 1. The fourth-order valence-electron chi connectivity index (χ4n) is 2.38. The van der Waals surface area contributed by atoms with Crippen LogP contribution in [0.4, 0.5) is 0 Å². The number of benzene rings is 1. The second-order valence-corrected chi connectivity index (χ2v) is 5.28. The molecule has 0 unspecified atom stereocenters. The van der Waals surface area contributed by atoms with Crippen LogP contribution in [-0.4, -0.2) is 22.5 Å². The number of aliphatic carboxylic acids is 1. The first-order valence-electron chi connectivity index (χ1n) is 6.62. The third-order valence-corrected chi connectivity index (χ3v) is 3.72. The molecule has 0 saturated heterocycles. The smallest absolute Gasteiger partial charge is 0.329 e. The largest absolute Gasteiger partial charge is 0.480 e. The number of amides is 1. The number of carboxylic acid groups (broad SMARTS) is 1. The Labute approximate surface area is 112 Å². The number of hydrogen-bond donors (Lipinski definition) is 2. The summed E-state index contributed by atoms with van der Waals surface area (Å²) in [5.41, 5.74) is 1.27. The van der Waals surface area contributed by atoms with E-state index in [1.807, 2.05) is 31.2 Å². The van der Waals surface area contributed by atoms with Crippen molar-refractivity contribution in [2.45, 2.75) is 44.6 Å². The third kappa shape index (κ3) is 3.13. The fourth-order valence-corrected chi connectivity index (χ4v) is 2.38. The predicted octanol–water partition coefficient (Wildman–Crippen LogP) is 2.05. The summed E-state index contributed by atoms with van der Waals surface area (Å²) in [4.78, 5) is 23.0. The van der Waals surface area contributed by atoms with Gasteiger partial charge in [-0.25, -0.2) is 4.79 Å². The van der Waals surface area contributed by atoms with Crippen LogP contribution < -0.4 is 5.32 Å². The molecule has 1 fully saturated rings. The molecule has 1 aromatic carbocycles. The van der Waals surface area contributed by atoms with Crippen LogP contribution in [0.3, 0.4) is 0 Å². The van der Waals surface area contributed by atoms with Crippen molar-refractivity contribution in [2.75, 3.05) is 0 Å². The SMILES string of the molecule is Cc1cccc(CCC(=O)NC2(C(=O)O)CCC2)c1. The zero-order valence-corrected chi connectivity index (χ0v) is 11.1. The van der Waals surface area contributed by atoms with Crippen LogP contribution in [-0.2, 0) is 16.0 Å². The Kier molecular flexibility index (Phi) is 3.88. The highest BCUT2D eigenvalue weighted by atomic mass is 16.4. The van der Waals surface area contributed by atoms with Crippen molar-refractivity contribution in [3.63, 3.8) is 0 Å². The quantitative estimate of drug-likeness (QED) is 0.852. The molecule has 19 heavy (non-hydrogen) atoms. The second kappa shape index (κ2) is 5.43. The van der Waals surface area contributed by atoms with Crippen molar-refractivity contribution in [2.24, 2.45) is 0 Å². The van der Waals surface area contributed by atoms with Crippen molar-refractivity contribution in [1.29, 1.82) is 0 Å². The molecule has 1 aromatic rings. The molecule has 102 valence electrons. The molecule has 1 saturated carbocycles. The third-order valence-electron chi connectivity index (χ3n) is 3.72. The van der Waals surface area contributed by atoms with Crippen molar-refractivity contribution in [1.82, 2.24) is 5.32 Å². The van der Waals surface area contributed by atoms with E-state index in [1.165, 1.54) is 5.56 Å². The van der Waals surface area contributed by atoms with Crippen LogP contribution in [0.1, 0.15) is 36.8 Å². The second-order valence-electron chi connectivity index (χ2n) is 5.28. The van der Waals surface area contributed by atoms with Gasteiger partial charge in [0.2, 0.25) is 5.91 Å². The van der Waals surface area contributed by atoms with Crippen molar-refractivity contribution in [3.05, 3.63) is 35.4 Å². The van der Waals surface area contributed by atoms with Gasteiger partial charge in [0.25, 0.3) is 0 Å². The van der Waals surface area contributed by atoms with E-state index in [-0.39, 0.29) is 5.91 Å². The van der Waals surface area contributed by atoms with E-state index in [4.69, 9.17) is 5.11 Å². The van der Waals surface area contributed by atoms with Crippen LogP contribution in [0, 0.1) is 6.92 Å². The molecule has 0 heterocycles. The Morgan fingerprint density at radius 2 is 2.11 bits per heavy atom. The molecule has 0 aromatic heterocycles. The highest BCUT2D eigenvalue weighted by Gasteiger charge is 2.45.